The van der Waals surface area contributed by atoms with Crippen LogP contribution in [-0.4, -0.2) is 9.38 Å². The molecule has 0 aliphatic heterocycles. The molecule has 4 nitrogen and oxygen atoms in total. The van der Waals surface area contributed by atoms with Crippen molar-refractivity contribution in [2.75, 3.05) is 0 Å². The van der Waals surface area contributed by atoms with E-state index < -0.39 is 0 Å². The van der Waals surface area contributed by atoms with Gasteiger partial charge in [0.2, 0.25) is 0 Å². The zero-order chi connectivity index (χ0) is 17.9. The number of rotatable bonds is 5. The molecular weight excluding hydrogens is 342 g/mol. The fourth-order valence-electron chi connectivity index (χ4n) is 3.02. The van der Waals surface area contributed by atoms with E-state index >= 15 is 0 Å². The van der Waals surface area contributed by atoms with Crippen LogP contribution in [0.15, 0.2) is 77.0 Å². The maximum Gasteiger partial charge on any atom is 0.258 e. The van der Waals surface area contributed by atoms with E-state index in [1.54, 1.807) is 16.7 Å². The van der Waals surface area contributed by atoms with Crippen molar-refractivity contribution in [1.82, 2.24) is 14.7 Å². The Morgan fingerprint density at radius 1 is 1.08 bits per heavy atom. The Kier molecular flexibility index (Phi) is 4.65. The number of fused-ring (bicyclic) bond motifs is 1. The van der Waals surface area contributed by atoms with Gasteiger partial charge in [-0.1, -0.05) is 60.2 Å². The van der Waals surface area contributed by atoms with Crippen molar-refractivity contribution in [2.24, 2.45) is 0 Å². The SMILES string of the molecule is Cc1ccc([C@H](NCc2cc(=O)n3ccsc3n2)c2ccccc2)cc1. The highest BCUT2D eigenvalue weighted by Gasteiger charge is 2.14. The lowest BCUT2D eigenvalue weighted by molar-refractivity contribution is 0.596. The second kappa shape index (κ2) is 7.23. The molecule has 2 aromatic heterocycles. The smallest absolute Gasteiger partial charge is 0.258 e. The number of hydrogen-bond acceptors (Lipinski definition) is 4. The van der Waals surface area contributed by atoms with E-state index in [1.807, 2.05) is 23.6 Å². The normalized spacial score (nSPS) is 12.3. The molecule has 0 fully saturated rings. The Bertz CT molecular complexity index is 1070. The zero-order valence-electron chi connectivity index (χ0n) is 14.4. The van der Waals surface area contributed by atoms with E-state index in [0.29, 0.717) is 6.54 Å². The molecule has 0 aliphatic carbocycles. The fourth-order valence-corrected chi connectivity index (χ4v) is 3.76. The van der Waals surface area contributed by atoms with Gasteiger partial charge in [0, 0.05) is 24.2 Å². The van der Waals surface area contributed by atoms with E-state index in [1.165, 1.54) is 28.0 Å². The van der Waals surface area contributed by atoms with Gasteiger partial charge in [-0.15, -0.1) is 11.3 Å². The van der Waals surface area contributed by atoms with Crippen LogP contribution in [0, 0.1) is 6.92 Å². The van der Waals surface area contributed by atoms with Crippen molar-refractivity contribution in [3.05, 3.63) is 105 Å². The predicted octanol–water partition coefficient (Wildman–Crippen LogP) is 3.94. The van der Waals surface area contributed by atoms with Crippen LogP contribution < -0.4 is 10.9 Å². The summed E-state index contributed by atoms with van der Waals surface area (Å²) in [5.74, 6) is 0. The molecule has 130 valence electrons. The van der Waals surface area contributed by atoms with Gasteiger partial charge in [0.1, 0.15) is 0 Å². The van der Waals surface area contributed by atoms with Gasteiger partial charge in [-0.2, -0.15) is 0 Å². The quantitative estimate of drug-likeness (QED) is 0.586. The Morgan fingerprint density at radius 3 is 2.58 bits per heavy atom. The largest absolute Gasteiger partial charge is 0.301 e. The first-order chi connectivity index (χ1) is 12.7. The second-order valence-electron chi connectivity index (χ2n) is 6.28. The average molecular weight is 361 g/mol. The number of hydrogen-bond donors (Lipinski definition) is 1. The highest BCUT2D eigenvalue weighted by molar-refractivity contribution is 7.15. The molecule has 0 saturated carbocycles. The molecule has 0 unspecified atom stereocenters. The number of nitrogens with zero attached hydrogens (tertiary/aromatic N) is 2. The van der Waals surface area contributed by atoms with Gasteiger partial charge in [-0.05, 0) is 18.1 Å². The molecule has 0 saturated heterocycles. The first-order valence-corrected chi connectivity index (χ1v) is 9.39. The van der Waals surface area contributed by atoms with Crippen molar-refractivity contribution < 1.29 is 0 Å². The average Bonchev–Trinajstić information content (AvgIpc) is 3.13. The predicted molar refractivity (Wildman–Crippen MR) is 106 cm³/mol. The number of aryl methyl sites for hydroxylation is 1. The summed E-state index contributed by atoms with van der Waals surface area (Å²) in [5.41, 5.74) is 4.32. The van der Waals surface area contributed by atoms with Crippen molar-refractivity contribution >= 4 is 16.3 Å². The Labute approximate surface area is 155 Å². The molecule has 1 N–H and O–H groups in total. The van der Waals surface area contributed by atoms with Crippen molar-refractivity contribution in [1.29, 1.82) is 0 Å². The van der Waals surface area contributed by atoms with Crippen LogP contribution in [0.4, 0.5) is 0 Å². The van der Waals surface area contributed by atoms with Crippen LogP contribution in [-0.2, 0) is 6.54 Å². The molecule has 2 aromatic carbocycles. The van der Waals surface area contributed by atoms with Crippen molar-refractivity contribution in [3.8, 4) is 0 Å². The van der Waals surface area contributed by atoms with E-state index in [0.717, 1.165) is 10.7 Å². The van der Waals surface area contributed by atoms with E-state index in [4.69, 9.17) is 0 Å². The van der Waals surface area contributed by atoms with Crippen LogP contribution in [0.1, 0.15) is 28.4 Å². The maximum atomic E-state index is 12.2. The highest BCUT2D eigenvalue weighted by Crippen LogP contribution is 2.23. The summed E-state index contributed by atoms with van der Waals surface area (Å²) < 4.78 is 1.57. The van der Waals surface area contributed by atoms with Gasteiger partial charge in [0.05, 0.1) is 11.7 Å². The molecule has 5 heteroatoms. The summed E-state index contributed by atoms with van der Waals surface area (Å²) in [4.78, 5) is 17.5. The molecular formula is C21H19N3OS. The summed E-state index contributed by atoms with van der Waals surface area (Å²) in [7, 11) is 0. The van der Waals surface area contributed by atoms with Gasteiger partial charge >= 0.3 is 0 Å². The molecule has 0 radical (unpaired) electrons. The number of aromatic nitrogens is 2. The lowest BCUT2D eigenvalue weighted by Crippen LogP contribution is -2.24. The molecule has 0 amide bonds. The minimum absolute atomic E-state index is 0.0420. The summed E-state index contributed by atoms with van der Waals surface area (Å²) in [6.45, 7) is 2.61. The van der Waals surface area contributed by atoms with Crippen molar-refractivity contribution in [2.45, 2.75) is 19.5 Å². The first kappa shape index (κ1) is 16.7. The highest BCUT2D eigenvalue weighted by atomic mass is 32.1. The van der Waals surface area contributed by atoms with Crippen LogP contribution in [0.5, 0.6) is 0 Å². The second-order valence-corrected chi connectivity index (χ2v) is 7.15. The molecule has 1 atom stereocenters. The monoisotopic (exact) mass is 361 g/mol. The van der Waals surface area contributed by atoms with Crippen LogP contribution in [0.25, 0.3) is 4.96 Å². The zero-order valence-corrected chi connectivity index (χ0v) is 15.2. The van der Waals surface area contributed by atoms with Crippen LogP contribution in [0.3, 0.4) is 0 Å². The third-order valence-corrected chi connectivity index (χ3v) is 5.14. The molecule has 4 aromatic rings. The van der Waals surface area contributed by atoms with Gasteiger partial charge in [-0.3, -0.25) is 9.20 Å². The standard InChI is InChI=1S/C21H19N3OS/c1-15-7-9-17(10-8-15)20(16-5-3-2-4-6-16)22-14-18-13-19(25)24-11-12-26-21(24)23-18/h2-13,20,22H,14H2,1H3/t20-/m1/s1. The summed E-state index contributed by atoms with van der Waals surface area (Å²) >= 11 is 1.47. The van der Waals surface area contributed by atoms with Crippen LogP contribution in [0.2, 0.25) is 0 Å². The van der Waals surface area contributed by atoms with E-state index in [9.17, 15) is 4.79 Å². The number of benzene rings is 2. The minimum atomic E-state index is -0.0420. The van der Waals surface area contributed by atoms with Crippen LogP contribution >= 0.6 is 11.3 Å². The van der Waals surface area contributed by atoms with Gasteiger partial charge in [-0.25, -0.2) is 4.98 Å². The number of nitrogens with one attached hydrogen (secondary N) is 1. The molecule has 4 rings (SSSR count). The van der Waals surface area contributed by atoms with Crippen molar-refractivity contribution in [3.63, 3.8) is 0 Å². The Balaban J connectivity index is 1.64. The van der Waals surface area contributed by atoms with E-state index in [2.05, 4.69) is 53.6 Å². The lowest BCUT2D eigenvalue weighted by Gasteiger charge is -2.20. The molecule has 26 heavy (non-hydrogen) atoms. The summed E-state index contributed by atoms with van der Waals surface area (Å²) in [6.07, 6.45) is 1.76. The van der Waals surface area contributed by atoms with Gasteiger partial charge in [0.25, 0.3) is 5.56 Å². The Morgan fingerprint density at radius 2 is 1.81 bits per heavy atom. The van der Waals surface area contributed by atoms with Gasteiger partial charge in [0.15, 0.2) is 4.96 Å². The summed E-state index contributed by atoms with van der Waals surface area (Å²) in [6, 6.07) is 20.5. The molecule has 0 spiro atoms. The number of thiazole rings is 1. The topological polar surface area (TPSA) is 46.4 Å². The maximum absolute atomic E-state index is 12.2. The van der Waals surface area contributed by atoms with E-state index in [-0.39, 0.29) is 11.6 Å². The third kappa shape index (κ3) is 3.45. The molecule has 2 heterocycles. The summed E-state index contributed by atoms with van der Waals surface area (Å²) in [5, 5.41) is 5.44. The Hall–Kier alpha value is -2.76. The minimum Gasteiger partial charge on any atom is -0.301 e. The molecule has 0 bridgehead atoms. The van der Waals surface area contributed by atoms with Gasteiger partial charge < -0.3 is 5.32 Å². The third-order valence-electron chi connectivity index (χ3n) is 4.39. The molecule has 0 aliphatic rings. The fraction of sp³-hybridized carbons (Fsp3) is 0.143. The lowest BCUT2D eigenvalue weighted by atomic mass is 9.98. The first-order valence-electron chi connectivity index (χ1n) is 8.51.